The van der Waals surface area contributed by atoms with Crippen molar-refractivity contribution in [3.05, 3.63) is 106 Å². The second-order valence-corrected chi connectivity index (χ2v) is 7.26. The van der Waals surface area contributed by atoms with Gasteiger partial charge in [0.2, 0.25) is 0 Å². The molecule has 0 fully saturated rings. The minimum Gasteiger partial charge on any atom is -0.497 e. The van der Waals surface area contributed by atoms with Crippen LogP contribution in [0.1, 0.15) is 22.8 Å². The molecular weight excluding hydrogens is 400 g/mol. The van der Waals surface area contributed by atoms with Crippen molar-refractivity contribution in [2.24, 2.45) is 0 Å². The largest absolute Gasteiger partial charge is 0.497 e. The van der Waals surface area contributed by atoms with Crippen LogP contribution in [0.5, 0.6) is 11.5 Å². The molecule has 134 valence electrons. The van der Waals surface area contributed by atoms with Gasteiger partial charge in [-0.3, -0.25) is 0 Å². The van der Waals surface area contributed by atoms with E-state index < -0.39 is 0 Å². The molecule has 4 rings (SSSR count). The normalized spacial score (nSPS) is 15.8. The van der Waals surface area contributed by atoms with E-state index in [4.69, 9.17) is 9.47 Å². The maximum Gasteiger partial charge on any atom is 0.149 e. The van der Waals surface area contributed by atoms with Crippen molar-refractivity contribution in [2.45, 2.75) is 6.10 Å². The summed E-state index contributed by atoms with van der Waals surface area (Å²) in [5.74, 6) is 1.75. The maximum atomic E-state index is 6.35. The highest BCUT2D eigenvalue weighted by Crippen LogP contribution is 2.39. The monoisotopic (exact) mass is 418 g/mol. The minimum absolute atomic E-state index is 0.130. The summed E-state index contributed by atoms with van der Waals surface area (Å²) in [5.41, 5.74) is 4.44. The van der Waals surface area contributed by atoms with Crippen LogP contribution in [0.4, 0.5) is 0 Å². The van der Waals surface area contributed by atoms with Crippen molar-refractivity contribution in [1.29, 1.82) is 0 Å². The summed E-state index contributed by atoms with van der Waals surface area (Å²) >= 11 is 3.54. The van der Waals surface area contributed by atoms with Crippen LogP contribution in [0.15, 0.2) is 88.9 Å². The Labute approximate surface area is 167 Å². The molecule has 0 saturated heterocycles. The standard InChI is InChI=1S/C24H19BrO2/c1-26-22-12-8-17(9-13-22)7-10-19-15-20-16-21(25)11-14-23(20)27-24(19)18-5-3-2-4-6-18/h2-16,24H,1H3/b10-7+. The molecule has 3 aromatic carbocycles. The van der Waals surface area contributed by atoms with E-state index in [1.807, 2.05) is 54.6 Å². The van der Waals surface area contributed by atoms with E-state index in [0.29, 0.717) is 0 Å². The number of hydrogen-bond acceptors (Lipinski definition) is 2. The Morgan fingerprint density at radius 3 is 2.44 bits per heavy atom. The number of rotatable bonds is 4. The van der Waals surface area contributed by atoms with E-state index in [0.717, 1.165) is 38.2 Å². The number of fused-ring (bicyclic) bond motifs is 1. The summed E-state index contributed by atoms with van der Waals surface area (Å²) in [6, 6.07) is 24.4. The van der Waals surface area contributed by atoms with E-state index in [-0.39, 0.29) is 6.10 Å². The second kappa shape index (κ2) is 7.85. The Morgan fingerprint density at radius 2 is 1.70 bits per heavy atom. The zero-order valence-electron chi connectivity index (χ0n) is 14.9. The maximum absolute atomic E-state index is 6.35. The predicted molar refractivity (Wildman–Crippen MR) is 114 cm³/mol. The van der Waals surface area contributed by atoms with Crippen molar-refractivity contribution in [3.8, 4) is 11.5 Å². The van der Waals surface area contributed by atoms with Crippen LogP contribution < -0.4 is 9.47 Å². The third-order valence-corrected chi connectivity index (χ3v) is 5.02. The molecule has 0 aromatic heterocycles. The molecule has 3 heteroatoms. The first-order valence-corrected chi connectivity index (χ1v) is 9.57. The average Bonchev–Trinajstić information content (AvgIpc) is 2.72. The van der Waals surface area contributed by atoms with E-state index in [9.17, 15) is 0 Å². The Hall–Kier alpha value is -2.78. The van der Waals surface area contributed by atoms with Crippen LogP contribution in [0.3, 0.4) is 0 Å². The van der Waals surface area contributed by atoms with Crippen LogP contribution in [-0.4, -0.2) is 7.11 Å². The van der Waals surface area contributed by atoms with Gasteiger partial charge in [0.15, 0.2) is 0 Å². The number of hydrogen-bond donors (Lipinski definition) is 0. The number of methoxy groups -OCH3 is 1. The van der Waals surface area contributed by atoms with E-state index in [2.05, 4.69) is 52.4 Å². The molecule has 2 nitrogen and oxygen atoms in total. The van der Waals surface area contributed by atoms with Crippen LogP contribution >= 0.6 is 15.9 Å². The first-order chi connectivity index (χ1) is 13.2. The predicted octanol–water partition coefficient (Wildman–Crippen LogP) is 6.69. The van der Waals surface area contributed by atoms with Gasteiger partial charge >= 0.3 is 0 Å². The first kappa shape index (κ1) is 17.6. The molecule has 0 N–H and O–H groups in total. The van der Waals surface area contributed by atoms with Gasteiger partial charge in [-0.1, -0.05) is 70.5 Å². The van der Waals surface area contributed by atoms with Gasteiger partial charge in [0.25, 0.3) is 0 Å². The molecule has 0 bridgehead atoms. The fourth-order valence-electron chi connectivity index (χ4n) is 3.12. The van der Waals surface area contributed by atoms with E-state index in [1.165, 1.54) is 0 Å². The molecule has 0 aliphatic carbocycles. The average molecular weight is 419 g/mol. The lowest BCUT2D eigenvalue weighted by atomic mass is 9.95. The molecule has 1 aliphatic rings. The van der Waals surface area contributed by atoms with E-state index in [1.54, 1.807) is 7.11 Å². The lowest BCUT2D eigenvalue weighted by Gasteiger charge is -2.26. The molecule has 0 saturated carbocycles. The summed E-state index contributed by atoms with van der Waals surface area (Å²) in [7, 11) is 1.68. The van der Waals surface area contributed by atoms with Gasteiger partial charge in [-0.2, -0.15) is 0 Å². The summed E-state index contributed by atoms with van der Waals surface area (Å²) in [6.07, 6.45) is 6.30. The SMILES string of the molecule is COc1ccc(/C=C/C2=Cc3cc(Br)ccc3OC2c2ccccc2)cc1. The van der Waals surface area contributed by atoms with Crippen molar-refractivity contribution < 1.29 is 9.47 Å². The zero-order chi connectivity index (χ0) is 18.6. The molecule has 3 aromatic rings. The molecular formula is C24H19BrO2. The number of halogens is 1. The molecule has 0 spiro atoms. The van der Waals surface area contributed by atoms with Crippen LogP contribution in [0, 0.1) is 0 Å². The third kappa shape index (κ3) is 3.99. The molecule has 1 aliphatic heterocycles. The summed E-state index contributed by atoms with van der Waals surface area (Å²) in [4.78, 5) is 0. The van der Waals surface area contributed by atoms with Crippen molar-refractivity contribution in [1.82, 2.24) is 0 Å². The highest BCUT2D eigenvalue weighted by molar-refractivity contribution is 9.10. The Balaban J connectivity index is 1.71. The Bertz CT molecular complexity index is 989. The third-order valence-electron chi connectivity index (χ3n) is 4.53. The van der Waals surface area contributed by atoms with Gasteiger partial charge in [-0.05, 0) is 53.1 Å². The van der Waals surface area contributed by atoms with Gasteiger partial charge in [0.05, 0.1) is 7.11 Å². The van der Waals surface area contributed by atoms with E-state index >= 15 is 0 Å². The molecule has 27 heavy (non-hydrogen) atoms. The molecule has 0 amide bonds. The smallest absolute Gasteiger partial charge is 0.149 e. The van der Waals surface area contributed by atoms with Gasteiger partial charge in [-0.25, -0.2) is 0 Å². The molecule has 1 unspecified atom stereocenters. The highest BCUT2D eigenvalue weighted by Gasteiger charge is 2.22. The lowest BCUT2D eigenvalue weighted by Crippen LogP contribution is -2.13. The van der Waals surface area contributed by atoms with Crippen LogP contribution in [0.25, 0.3) is 12.2 Å². The van der Waals surface area contributed by atoms with Crippen molar-refractivity contribution >= 4 is 28.1 Å². The van der Waals surface area contributed by atoms with Gasteiger partial charge in [0, 0.05) is 10.0 Å². The molecule has 0 radical (unpaired) electrons. The van der Waals surface area contributed by atoms with Gasteiger partial charge in [0.1, 0.15) is 17.6 Å². The molecule has 1 heterocycles. The Morgan fingerprint density at radius 1 is 0.926 bits per heavy atom. The molecule has 1 atom stereocenters. The summed E-state index contributed by atoms with van der Waals surface area (Å²) in [5, 5.41) is 0. The van der Waals surface area contributed by atoms with Gasteiger partial charge < -0.3 is 9.47 Å². The topological polar surface area (TPSA) is 18.5 Å². The fourth-order valence-corrected chi connectivity index (χ4v) is 3.50. The van der Waals surface area contributed by atoms with Crippen molar-refractivity contribution in [3.63, 3.8) is 0 Å². The van der Waals surface area contributed by atoms with Crippen LogP contribution in [0.2, 0.25) is 0 Å². The number of ether oxygens (including phenoxy) is 2. The lowest BCUT2D eigenvalue weighted by molar-refractivity contribution is 0.243. The quantitative estimate of drug-likeness (QED) is 0.469. The Kier molecular flexibility index (Phi) is 5.12. The first-order valence-electron chi connectivity index (χ1n) is 8.78. The minimum atomic E-state index is -0.130. The zero-order valence-corrected chi connectivity index (χ0v) is 16.5. The van der Waals surface area contributed by atoms with Crippen molar-refractivity contribution in [2.75, 3.05) is 7.11 Å². The number of benzene rings is 3. The summed E-state index contributed by atoms with van der Waals surface area (Å²) < 4.78 is 12.6. The highest BCUT2D eigenvalue weighted by atomic mass is 79.9. The summed E-state index contributed by atoms with van der Waals surface area (Å²) in [6.45, 7) is 0. The van der Waals surface area contributed by atoms with Gasteiger partial charge in [-0.15, -0.1) is 0 Å². The van der Waals surface area contributed by atoms with Crippen LogP contribution in [-0.2, 0) is 0 Å². The second-order valence-electron chi connectivity index (χ2n) is 6.34. The fraction of sp³-hybridized carbons (Fsp3) is 0.0833.